The highest BCUT2D eigenvalue weighted by molar-refractivity contribution is 6.08. The van der Waals surface area contributed by atoms with Crippen LogP contribution in [0.15, 0.2) is 42.5 Å². The van der Waals surface area contributed by atoms with E-state index in [9.17, 15) is 9.59 Å². The molecule has 2 saturated heterocycles. The summed E-state index contributed by atoms with van der Waals surface area (Å²) in [5, 5.41) is 2.98. The lowest BCUT2D eigenvalue weighted by atomic mass is 9.97. The van der Waals surface area contributed by atoms with Crippen molar-refractivity contribution in [1.29, 1.82) is 0 Å². The molecule has 7 nitrogen and oxygen atoms in total. The molecule has 5 rings (SSSR count). The predicted octanol–water partition coefficient (Wildman–Crippen LogP) is 3.18. The molecule has 0 radical (unpaired) electrons. The molecule has 0 aromatic heterocycles. The quantitative estimate of drug-likeness (QED) is 0.826. The standard InChI is InChI=1S/C24H28N4O3/c1-26-21-16-17(5-10-20(21)24(30)28-11-3-2-4-22(26)28)23(29)25-18-6-8-19(9-7-18)27-12-14-31-15-13-27/h5-10,16,22H,2-4,11-15H2,1H3,(H,25,29)/t22-/m1/s1. The van der Waals surface area contributed by atoms with Gasteiger partial charge in [-0.2, -0.15) is 0 Å². The Balaban J connectivity index is 1.32. The molecule has 7 heteroatoms. The number of carbonyl (C=O) groups is 2. The van der Waals surface area contributed by atoms with Gasteiger partial charge in [0.2, 0.25) is 0 Å². The van der Waals surface area contributed by atoms with E-state index in [2.05, 4.69) is 15.1 Å². The van der Waals surface area contributed by atoms with Crippen LogP contribution in [0.5, 0.6) is 0 Å². The molecular formula is C24H28N4O3. The van der Waals surface area contributed by atoms with E-state index in [4.69, 9.17) is 4.74 Å². The highest BCUT2D eigenvalue weighted by Gasteiger charge is 2.37. The molecule has 0 spiro atoms. The fourth-order valence-corrected chi connectivity index (χ4v) is 4.79. The first-order chi connectivity index (χ1) is 15.1. The van der Waals surface area contributed by atoms with Crippen LogP contribution in [0, 0.1) is 0 Å². The molecule has 0 aliphatic carbocycles. The van der Waals surface area contributed by atoms with E-state index in [-0.39, 0.29) is 18.0 Å². The number of nitrogens with zero attached hydrogens (tertiary/aromatic N) is 3. The lowest BCUT2D eigenvalue weighted by molar-refractivity contribution is 0.0589. The first-order valence-electron chi connectivity index (χ1n) is 11.0. The van der Waals surface area contributed by atoms with Gasteiger partial charge in [-0.1, -0.05) is 0 Å². The van der Waals surface area contributed by atoms with Crippen molar-refractivity contribution in [1.82, 2.24) is 4.90 Å². The van der Waals surface area contributed by atoms with E-state index in [1.807, 2.05) is 42.3 Å². The number of rotatable bonds is 3. The number of hydrogen-bond acceptors (Lipinski definition) is 5. The Morgan fingerprint density at radius 3 is 2.58 bits per heavy atom. The minimum atomic E-state index is -0.172. The summed E-state index contributed by atoms with van der Waals surface area (Å²) in [7, 11) is 2.01. The van der Waals surface area contributed by atoms with Crippen molar-refractivity contribution in [2.75, 3.05) is 55.0 Å². The number of piperidine rings is 1. The molecule has 3 aliphatic heterocycles. The Kier molecular flexibility index (Phi) is 5.28. The zero-order valence-corrected chi connectivity index (χ0v) is 17.8. The maximum absolute atomic E-state index is 12.9. The summed E-state index contributed by atoms with van der Waals surface area (Å²) in [6, 6.07) is 13.3. The zero-order chi connectivity index (χ0) is 21.4. The number of fused-ring (bicyclic) bond motifs is 2. The van der Waals surface area contributed by atoms with Crippen LogP contribution in [0.25, 0.3) is 0 Å². The fraction of sp³-hybridized carbons (Fsp3) is 0.417. The van der Waals surface area contributed by atoms with Crippen molar-refractivity contribution in [2.24, 2.45) is 0 Å². The van der Waals surface area contributed by atoms with Gasteiger partial charge >= 0.3 is 0 Å². The largest absolute Gasteiger partial charge is 0.378 e. The molecule has 2 amide bonds. The van der Waals surface area contributed by atoms with Crippen molar-refractivity contribution in [3.63, 3.8) is 0 Å². The number of hydrogen-bond donors (Lipinski definition) is 1. The van der Waals surface area contributed by atoms with E-state index in [0.29, 0.717) is 11.1 Å². The van der Waals surface area contributed by atoms with Gasteiger partial charge in [-0.3, -0.25) is 9.59 Å². The minimum Gasteiger partial charge on any atom is -0.378 e. The van der Waals surface area contributed by atoms with E-state index in [0.717, 1.165) is 69.2 Å². The first-order valence-corrected chi connectivity index (χ1v) is 11.0. The molecular weight excluding hydrogens is 392 g/mol. The van der Waals surface area contributed by atoms with E-state index in [1.165, 1.54) is 0 Å². The Labute approximate surface area is 182 Å². The van der Waals surface area contributed by atoms with Crippen LogP contribution < -0.4 is 15.1 Å². The van der Waals surface area contributed by atoms with Gasteiger partial charge in [-0.25, -0.2) is 0 Å². The fourth-order valence-electron chi connectivity index (χ4n) is 4.79. The van der Waals surface area contributed by atoms with Crippen molar-refractivity contribution < 1.29 is 14.3 Å². The molecule has 31 heavy (non-hydrogen) atoms. The Bertz CT molecular complexity index is 985. The van der Waals surface area contributed by atoms with Gasteiger partial charge in [-0.05, 0) is 61.7 Å². The summed E-state index contributed by atoms with van der Waals surface area (Å²) in [5.41, 5.74) is 3.95. The van der Waals surface area contributed by atoms with Crippen LogP contribution in [0.1, 0.15) is 40.0 Å². The number of carbonyl (C=O) groups excluding carboxylic acids is 2. The van der Waals surface area contributed by atoms with Gasteiger partial charge in [0.25, 0.3) is 11.8 Å². The van der Waals surface area contributed by atoms with Crippen molar-refractivity contribution in [3.8, 4) is 0 Å². The van der Waals surface area contributed by atoms with Crippen molar-refractivity contribution in [3.05, 3.63) is 53.6 Å². The molecule has 162 valence electrons. The molecule has 0 unspecified atom stereocenters. The maximum Gasteiger partial charge on any atom is 0.257 e. The summed E-state index contributed by atoms with van der Waals surface area (Å²) in [6.07, 6.45) is 3.22. The van der Waals surface area contributed by atoms with Gasteiger partial charge in [0.15, 0.2) is 0 Å². The third-order valence-electron chi connectivity index (χ3n) is 6.55. The third-order valence-corrected chi connectivity index (χ3v) is 6.55. The monoisotopic (exact) mass is 420 g/mol. The van der Waals surface area contributed by atoms with Crippen molar-refractivity contribution in [2.45, 2.75) is 25.4 Å². The van der Waals surface area contributed by atoms with Crippen LogP contribution in [0.4, 0.5) is 17.1 Å². The van der Waals surface area contributed by atoms with E-state index in [1.54, 1.807) is 12.1 Å². The molecule has 3 heterocycles. The van der Waals surface area contributed by atoms with Crippen LogP contribution >= 0.6 is 0 Å². The van der Waals surface area contributed by atoms with E-state index < -0.39 is 0 Å². The Hall–Kier alpha value is -3.06. The SMILES string of the molecule is CN1c2cc(C(=O)Nc3ccc(N4CCOCC4)cc3)ccc2C(=O)N2CCCC[C@@H]21. The smallest absolute Gasteiger partial charge is 0.257 e. The average molecular weight is 421 g/mol. The summed E-state index contributed by atoms with van der Waals surface area (Å²) in [4.78, 5) is 32.2. The van der Waals surface area contributed by atoms with Gasteiger partial charge < -0.3 is 24.8 Å². The summed E-state index contributed by atoms with van der Waals surface area (Å²) in [5.74, 6) is -0.0997. The number of amides is 2. The molecule has 0 saturated carbocycles. The van der Waals surface area contributed by atoms with Crippen LogP contribution in [-0.4, -0.2) is 62.8 Å². The molecule has 1 atom stereocenters. The second kappa shape index (κ2) is 8.23. The van der Waals surface area contributed by atoms with Gasteiger partial charge in [-0.15, -0.1) is 0 Å². The molecule has 3 aliphatic rings. The minimum absolute atomic E-state index is 0.0726. The van der Waals surface area contributed by atoms with Crippen LogP contribution in [0.3, 0.4) is 0 Å². The number of morpholine rings is 1. The summed E-state index contributed by atoms with van der Waals surface area (Å²) >= 11 is 0. The lowest BCUT2D eigenvalue weighted by Gasteiger charge is -2.46. The Morgan fingerprint density at radius 1 is 1.03 bits per heavy atom. The first kappa shape index (κ1) is 19.9. The van der Waals surface area contributed by atoms with Crippen LogP contribution in [-0.2, 0) is 4.74 Å². The highest BCUT2D eigenvalue weighted by atomic mass is 16.5. The zero-order valence-electron chi connectivity index (χ0n) is 17.8. The number of nitrogens with one attached hydrogen (secondary N) is 1. The molecule has 1 N–H and O–H groups in total. The average Bonchev–Trinajstić information content (AvgIpc) is 2.83. The maximum atomic E-state index is 12.9. The summed E-state index contributed by atoms with van der Waals surface area (Å²) < 4.78 is 5.40. The van der Waals surface area contributed by atoms with Gasteiger partial charge in [0, 0.05) is 43.6 Å². The normalized spacial score (nSPS) is 20.9. The summed E-state index contributed by atoms with van der Waals surface area (Å²) in [6.45, 7) is 4.05. The predicted molar refractivity (Wildman–Crippen MR) is 121 cm³/mol. The molecule has 2 fully saturated rings. The van der Waals surface area contributed by atoms with E-state index >= 15 is 0 Å². The third kappa shape index (κ3) is 3.74. The van der Waals surface area contributed by atoms with Crippen LogP contribution in [0.2, 0.25) is 0 Å². The molecule has 2 aromatic rings. The molecule has 0 bridgehead atoms. The van der Waals surface area contributed by atoms with Crippen molar-refractivity contribution >= 4 is 28.9 Å². The topological polar surface area (TPSA) is 65.1 Å². The second-order valence-corrected chi connectivity index (χ2v) is 8.42. The van der Waals surface area contributed by atoms with Gasteiger partial charge in [0.1, 0.15) is 6.17 Å². The van der Waals surface area contributed by atoms with Gasteiger partial charge in [0.05, 0.1) is 24.5 Å². The highest BCUT2D eigenvalue weighted by Crippen LogP contribution is 2.35. The Morgan fingerprint density at radius 2 is 1.81 bits per heavy atom. The molecule has 2 aromatic carbocycles. The number of anilines is 3. The second-order valence-electron chi connectivity index (χ2n) is 8.42. The lowest BCUT2D eigenvalue weighted by Crippen LogP contribution is -2.55. The number of benzene rings is 2. The number of ether oxygens (including phenoxy) is 1.